The Bertz CT molecular complexity index is 361. The van der Waals surface area contributed by atoms with Crippen LogP contribution in [0.4, 0.5) is 5.69 Å². The highest BCUT2D eigenvalue weighted by Gasteiger charge is 2.28. The van der Waals surface area contributed by atoms with Crippen LogP contribution in [0.25, 0.3) is 0 Å². The largest absolute Gasteiger partial charge is 0.368 e. The lowest BCUT2D eigenvalue weighted by molar-refractivity contribution is 0.112. The van der Waals surface area contributed by atoms with Crippen LogP contribution in [-0.4, -0.2) is 18.9 Å². The highest BCUT2D eigenvalue weighted by Crippen LogP contribution is 2.30. The first kappa shape index (κ1) is 10.2. The van der Waals surface area contributed by atoms with Gasteiger partial charge in [-0.25, -0.2) is 0 Å². The van der Waals surface area contributed by atoms with Crippen molar-refractivity contribution in [3.8, 4) is 0 Å². The number of carbonyl (C=O) groups is 1. The minimum atomic E-state index is 0.533. The Labute approximate surface area is 90.9 Å². The molecule has 1 aromatic carbocycles. The molecule has 1 aliphatic rings. The molecule has 0 saturated carbocycles. The molecule has 0 radical (unpaired) electrons. The summed E-state index contributed by atoms with van der Waals surface area (Å²) < 4.78 is 0. The monoisotopic (exact) mass is 203 g/mol. The van der Waals surface area contributed by atoms with Crippen LogP contribution in [0.5, 0.6) is 0 Å². The summed E-state index contributed by atoms with van der Waals surface area (Å²) in [4.78, 5) is 13.3. The lowest BCUT2D eigenvalue weighted by Crippen LogP contribution is -2.29. The third-order valence-electron chi connectivity index (χ3n) is 3.51. The van der Waals surface area contributed by atoms with E-state index in [4.69, 9.17) is 0 Å². The number of hydrogen-bond donors (Lipinski definition) is 0. The predicted octanol–water partition coefficient (Wildman–Crippen LogP) is 2.73. The summed E-state index contributed by atoms with van der Waals surface area (Å²) >= 11 is 0. The van der Waals surface area contributed by atoms with Gasteiger partial charge in [0.05, 0.1) is 0 Å². The van der Waals surface area contributed by atoms with Gasteiger partial charge in [0, 0.05) is 23.8 Å². The first-order valence-corrected chi connectivity index (χ1v) is 5.55. The molecular weight excluding hydrogens is 186 g/mol. The lowest BCUT2D eigenvalue weighted by Gasteiger charge is -2.26. The average molecular weight is 203 g/mol. The molecule has 1 aromatic rings. The SMILES string of the molecule is CC1CCN(c2ccccc2C=O)C1C. The number of nitrogens with zero attached hydrogens (tertiary/aromatic N) is 1. The number of anilines is 1. The lowest BCUT2D eigenvalue weighted by atomic mass is 10.0. The summed E-state index contributed by atoms with van der Waals surface area (Å²) in [5.41, 5.74) is 1.89. The Morgan fingerprint density at radius 1 is 1.33 bits per heavy atom. The van der Waals surface area contributed by atoms with Crippen LogP contribution in [0.3, 0.4) is 0 Å². The zero-order valence-corrected chi connectivity index (χ0v) is 9.31. The van der Waals surface area contributed by atoms with Crippen LogP contribution in [0, 0.1) is 5.92 Å². The zero-order valence-electron chi connectivity index (χ0n) is 9.31. The fourth-order valence-electron chi connectivity index (χ4n) is 2.28. The van der Waals surface area contributed by atoms with E-state index in [0.717, 1.165) is 24.1 Å². The van der Waals surface area contributed by atoms with Gasteiger partial charge in [0.25, 0.3) is 0 Å². The van der Waals surface area contributed by atoms with Crippen LogP contribution >= 0.6 is 0 Å². The summed E-state index contributed by atoms with van der Waals surface area (Å²) in [5, 5.41) is 0. The van der Waals surface area contributed by atoms with Crippen LogP contribution in [0.1, 0.15) is 30.6 Å². The Morgan fingerprint density at radius 2 is 2.07 bits per heavy atom. The van der Waals surface area contributed by atoms with Crippen molar-refractivity contribution in [2.45, 2.75) is 26.3 Å². The van der Waals surface area contributed by atoms with Gasteiger partial charge >= 0.3 is 0 Å². The normalized spacial score (nSPS) is 25.6. The van der Waals surface area contributed by atoms with Crippen LogP contribution in [0.2, 0.25) is 0 Å². The standard InChI is InChI=1S/C13H17NO/c1-10-7-8-14(11(10)2)13-6-4-3-5-12(13)9-15/h3-6,9-11H,7-8H2,1-2H3. The Hall–Kier alpha value is -1.31. The van der Waals surface area contributed by atoms with Crippen molar-refractivity contribution in [2.75, 3.05) is 11.4 Å². The second kappa shape index (κ2) is 4.05. The number of aldehydes is 1. The molecule has 0 aromatic heterocycles. The average Bonchev–Trinajstić information content (AvgIpc) is 2.60. The van der Waals surface area contributed by atoms with Gasteiger partial charge in [-0.1, -0.05) is 19.1 Å². The minimum absolute atomic E-state index is 0.533. The number of carbonyl (C=O) groups excluding carboxylic acids is 1. The third kappa shape index (κ3) is 1.76. The molecule has 1 saturated heterocycles. The third-order valence-corrected chi connectivity index (χ3v) is 3.51. The van der Waals surface area contributed by atoms with Gasteiger partial charge in [-0.3, -0.25) is 4.79 Å². The van der Waals surface area contributed by atoms with Gasteiger partial charge in [0.15, 0.2) is 6.29 Å². The van der Waals surface area contributed by atoms with Gasteiger partial charge in [-0.2, -0.15) is 0 Å². The number of benzene rings is 1. The molecule has 1 heterocycles. The van der Waals surface area contributed by atoms with Crippen molar-refractivity contribution in [2.24, 2.45) is 5.92 Å². The van der Waals surface area contributed by atoms with Gasteiger partial charge in [-0.05, 0) is 31.4 Å². The van der Waals surface area contributed by atoms with Crippen LogP contribution in [0.15, 0.2) is 24.3 Å². The molecule has 0 aliphatic carbocycles. The van der Waals surface area contributed by atoms with Crippen molar-refractivity contribution in [1.82, 2.24) is 0 Å². The Balaban J connectivity index is 2.33. The molecule has 15 heavy (non-hydrogen) atoms. The van der Waals surface area contributed by atoms with E-state index < -0.39 is 0 Å². The summed E-state index contributed by atoms with van der Waals surface area (Å²) in [6, 6.07) is 8.37. The van der Waals surface area contributed by atoms with Crippen molar-refractivity contribution in [3.05, 3.63) is 29.8 Å². The second-order valence-corrected chi connectivity index (χ2v) is 4.38. The summed E-state index contributed by atoms with van der Waals surface area (Å²) in [6.07, 6.45) is 2.17. The summed E-state index contributed by atoms with van der Waals surface area (Å²) in [6.45, 7) is 5.57. The molecule has 0 bridgehead atoms. The summed E-state index contributed by atoms with van der Waals surface area (Å²) in [5.74, 6) is 0.713. The fourth-order valence-corrected chi connectivity index (χ4v) is 2.28. The van der Waals surface area contributed by atoms with Crippen LogP contribution in [-0.2, 0) is 0 Å². The highest BCUT2D eigenvalue weighted by molar-refractivity contribution is 5.84. The molecule has 0 amide bonds. The van der Waals surface area contributed by atoms with Gasteiger partial charge in [0.2, 0.25) is 0 Å². The Kier molecular flexibility index (Phi) is 2.76. The molecule has 2 atom stereocenters. The maximum Gasteiger partial charge on any atom is 0.152 e. The molecule has 2 heteroatoms. The van der Waals surface area contributed by atoms with Crippen LogP contribution < -0.4 is 4.90 Å². The zero-order chi connectivity index (χ0) is 10.8. The van der Waals surface area contributed by atoms with E-state index in [1.165, 1.54) is 6.42 Å². The minimum Gasteiger partial charge on any atom is -0.368 e. The predicted molar refractivity (Wildman–Crippen MR) is 62.4 cm³/mol. The first-order chi connectivity index (χ1) is 7.24. The van der Waals surface area contributed by atoms with E-state index in [1.807, 2.05) is 24.3 Å². The maximum absolute atomic E-state index is 10.9. The maximum atomic E-state index is 10.9. The Morgan fingerprint density at radius 3 is 2.67 bits per heavy atom. The quantitative estimate of drug-likeness (QED) is 0.689. The van der Waals surface area contributed by atoms with E-state index in [-0.39, 0.29) is 0 Å². The molecular formula is C13H17NO. The fraction of sp³-hybridized carbons (Fsp3) is 0.462. The molecule has 0 N–H and O–H groups in total. The van der Waals surface area contributed by atoms with Crippen molar-refractivity contribution in [3.63, 3.8) is 0 Å². The van der Waals surface area contributed by atoms with Crippen molar-refractivity contribution < 1.29 is 4.79 Å². The number of para-hydroxylation sites is 1. The molecule has 1 aliphatic heterocycles. The smallest absolute Gasteiger partial charge is 0.152 e. The summed E-state index contributed by atoms with van der Waals surface area (Å²) in [7, 11) is 0. The molecule has 2 rings (SSSR count). The van der Waals surface area contributed by atoms with E-state index in [9.17, 15) is 4.79 Å². The topological polar surface area (TPSA) is 20.3 Å². The van der Waals surface area contributed by atoms with Gasteiger partial charge in [-0.15, -0.1) is 0 Å². The van der Waals surface area contributed by atoms with E-state index >= 15 is 0 Å². The van der Waals surface area contributed by atoms with Gasteiger partial charge in [0.1, 0.15) is 0 Å². The second-order valence-electron chi connectivity index (χ2n) is 4.38. The molecule has 2 nitrogen and oxygen atoms in total. The molecule has 80 valence electrons. The van der Waals surface area contributed by atoms with E-state index in [2.05, 4.69) is 18.7 Å². The number of hydrogen-bond acceptors (Lipinski definition) is 2. The van der Waals surface area contributed by atoms with Crippen molar-refractivity contribution >= 4 is 12.0 Å². The molecule has 1 fully saturated rings. The number of rotatable bonds is 2. The van der Waals surface area contributed by atoms with E-state index in [1.54, 1.807) is 0 Å². The molecule has 2 unspecified atom stereocenters. The first-order valence-electron chi connectivity index (χ1n) is 5.55. The van der Waals surface area contributed by atoms with Crippen molar-refractivity contribution in [1.29, 1.82) is 0 Å². The van der Waals surface area contributed by atoms with E-state index in [0.29, 0.717) is 12.0 Å². The molecule has 0 spiro atoms. The van der Waals surface area contributed by atoms with Gasteiger partial charge < -0.3 is 4.90 Å². The highest BCUT2D eigenvalue weighted by atomic mass is 16.1.